The number of rotatable bonds is 1. The summed E-state index contributed by atoms with van der Waals surface area (Å²) in [5.41, 5.74) is 1.35. The third kappa shape index (κ3) is 2.13. The van der Waals surface area contributed by atoms with Crippen molar-refractivity contribution in [3.8, 4) is 0 Å². The molecule has 0 unspecified atom stereocenters. The van der Waals surface area contributed by atoms with Gasteiger partial charge in [-0.1, -0.05) is 17.8 Å². The molecule has 1 amide bonds. The second kappa shape index (κ2) is 4.51. The van der Waals surface area contributed by atoms with E-state index in [4.69, 9.17) is 0 Å². The van der Waals surface area contributed by atoms with Gasteiger partial charge in [0.25, 0.3) is 5.91 Å². The first-order chi connectivity index (χ1) is 9.17. The number of halogens is 1. The largest absolute Gasteiger partial charge is 0.321 e. The van der Waals surface area contributed by atoms with E-state index in [0.29, 0.717) is 21.7 Å². The fourth-order valence-corrected chi connectivity index (χ4v) is 2.87. The minimum atomic E-state index is -0.450. The number of amides is 1. The van der Waals surface area contributed by atoms with Crippen LogP contribution in [-0.2, 0) is 0 Å². The van der Waals surface area contributed by atoms with Gasteiger partial charge in [0.1, 0.15) is 12.1 Å². The number of hydrogen-bond acceptors (Lipinski definition) is 3. The van der Waals surface area contributed by atoms with Crippen LogP contribution in [0.4, 0.5) is 10.1 Å². The van der Waals surface area contributed by atoms with E-state index in [0.717, 1.165) is 11.2 Å². The predicted molar refractivity (Wildman–Crippen MR) is 70.3 cm³/mol. The molecule has 1 N–H and O–H groups in total. The lowest BCUT2D eigenvalue weighted by Gasteiger charge is -2.05. The van der Waals surface area contributed by atoms with E-state index in [1.807, 2.05) is 0 Å². The summed E-state index contributed by atoms with van der Waals surface area (Å²) < 4.78 is 13.2. The molecule has 0 aromatic heterocycles. The first-order valence-electron chi connectivity index (χ1n) is 5.55. The van der Waals surface area contributed by atoms with E-state index in [1.54, 1.807) is 24.3 Å². The third-order valence-electron chi connectivity index (χ3n) is 2.79. The summed E-state index contributed by atoms with van der Waals surface area (Å²) in [6.45, 7) is 0. The van der Waals surface area contributed by atoms with Gasteiger partial charge in [-0.3, -0.25) is 9.59 Å². The fourth-order valence-electron chi connectivity index (χ4n) is 1.88. The molecule has 5 heteroatoms. The van der Waals surface area contributed by atoms with Crippen molar-refractivity contribution in [3.05, 3.63) is 53.3 Å². The first kappa shape index (κ1) is 11.9. The van der Waals surface area contributed by atoms with Crippen molar-refractivity contribution in [1.82, 2.24) is 0 Å². The molecule has 0 radical (unpaired) electrons. The fraction of sp³-hybridized carbons (Fsp3) is 0. The van der Waals surface area contributed by atoms with Crippen molar-refractivity contribution in [1.29, 1.82) is 0 Å². The molecule has 1 heterocycles. The van der Waals surface area contributed by atoms with Crippen LogP contribution in [0, 0.1) is 5.82 Å². The van der Waals surface area contributed by atoms with Crippen LogP contribution in [0.15, 0.2) is 46.2 Å². The van der Waals surface area contributed by atoms with Crippen LogP contribution in [0.3, 0.4) is 0 Å². The Morgan fingerprint density at radius 2 is 1.89 bits per heavy atom. The highest BCUT2D eigenvalue weighted by Gasteiger charge is 2.20. The number of benzene rings is 2. The van der Waals surface area contributed by atoms with Crippen LogP contribution in [0.25, 0.3) is 0 Å². The minimum Gasteiger partial charge on any atom is -0.321 e. The summed E-state index contributed by atoms with van der Waals surface area (Å²) >= 11 is 1.37. The number of nitrogens with one attached hydrogen (secondary N) is 1. The van der Waals surface area contributed by atoms with Crippen LogP contribution in [0.2, 0.25) is 0 Å². The zero-order valence-electron chi connectivity index (χ0n) is 9.64. The average Bonchev–Trinajstić information content (AvgIpc) is 2.54. The standard InChI is InChI=1S/C14H8FNO2S/c15-9-2-4-12-10(6-9)14(18)16-11-5-8(7-17)1-3-13(11)19-12/h1-7H,(H,16,18). The summed E-state index contributed by atoms with van der Waals surface area (Å²) in [5, 5.41) is 2.70. The molecule has 0 saturated heterocycles. The molecule has 3 rings (SSSR count). The number of fused-ring (bicyclic) bond motifs is 2. The van der Waals surface area contributed by atoms with Gasteiger partial charge in [0.2, 0.25) is 0 Å². The number of aldehydes is 1. The van der Waals surface area contributed by atoms with E-state index in [-0.39, 0.29) is 5.91 Å². The zero-order valence-corrected chi connectivity index (χ0v) is 10.5. The Balaban J connectivity index is 2.14. The van der Waals surface area contributed by atoms with Gasteiger partial charge in [-0.25, -0.2) is 4.39 Å². The van der Waals surface area contributed by atoms with Gasteiger partial charge in [0, 0.05) is 15.4 Å². The van der Waals surface area contributed by atoms with E-state index >= 15 is 0 Å². The Morgan fingerprint density at radius 3 is 2.68 bits per heavy atom. The van der Waals surface area contributed by atoms with Crippen LogP contribution >= 0.6 is 11.8 Å². The van der Waals surface area contributed by atoms with Gasteiger partial charge in [-0.15, -0.1) is 0 Å². The molecule has 2 aromatic rings. The number of anilines is 1. The molecule has 0 spiro atoms. The van der Waals surface area contributed by atoms with Crippen molar-refractivity contribution < 1.29 is 14.0 Å². The molecule has 19 heavy (non-hydrogen) atoms. The lowest BCUT2D eigenvalue weighted by atomic mass is 10.2. The Hall–Kier alpha value is -2.14. The molecule has 94 valence electrons. The Morgan fingerprint density at radius 1 is 1.11 bits per heavy atom. The highest BCUT2D eigenvalue weighted by Crippen LogP contribution is 2.39. The monoisotopic (exact) mass is 273 g/mol. The van der Waals surface area contributed by atoms with Gasteiger partial charge < -0.3 is 5.32 Å². The minimum absolute atomic E-state index is 0.300. The topological polar surface area (TPSA) is 46.2 Å². The van der Waals surface area contributed by atoms with Crippen molar-refractivity contribution in [2.24, 2.45) is 0 Å². The molecular formula is C14H8FNO2S. The number of hydrogen-bond donors (Lipinski definition) is 1. The molecular weight excluding hydrogens is 265 g/mol. The summed E-state index contributed by atoms with van der Waals surface area (Å²) in [7, 11) is 0. The maximum atomic E-state index is 13.2. The second-order valence-corrected chi connectivity index (χ2v) is 5.15. The van der Waals surface area contributed by atoms with Crippen molar-refractivity contribution >= 4 is 29.6 Å². The predicted octanol–water partition coefficient (Wildman–Crippen LogP) is 3.36. The molecule has 0 fully saturated rings. The molecule has 2 aromatic carbocycles. The van der Waals surface area contributed by atoms with E-state index in [9.17, 15) is 14.0 Å². The average molecular weight is 273 g/mol. The van der Waals surface area contributed by atoms with Gasteiger partial charge in [0.15, 0.2) is 0 Å². The summed E-state index contributed by atoms with van der Waals surface area (Å²) in [6, 6.07) is 9.17. The van der Waals surface area contributed by atoms with Crippen molar-refractivity contribution in [2.75, 3.05) is 5.32 Å². The third-order valence-corrected chi connectivity index (χ3v) is 3.95. The van der Waals surface area contributed by atoms with Crippen LogP contribution in [-0.4, -0.2) is 12.2 Å². The van der Waals surface area contributed by atoms with Gasteiger partial charge in [0.05, 0.1) is 11.3 Å². The smallest absolute Gasteiger partial charge is 0.256 e. The summed E-state index contributed by atoms with van der Waals surface area (Å²) in [4.78, 5) is 24.3. The van der Waals surface area contributed by atoms with E-state index in [1.165, 1.54) is 23.9 Å². The highest BCUT2D eigenvalue weighted by atomic mass is 32.2. The highest BCUT2D eigenvalue weighted by molar-refractivity contribution is 7.99. The summed E-state index contributed by atoms with van der Waals surface area (Å²) in [6.07, 6.45) is 0.717. The maximum Gasteiger partial charge on any atom is 0.256 e. The van der Waals surface area contributed by atoms with Gasteiger partial charge in [-0.05, 0) is 30.3 Å². The maximum absolute atomic E-state index is 13.2. The van der Waals surface area contributed by atoms with Crippen molar-refractivity contribution in [3.63, 3.8) is 0 Å². The quantitative estimate of drug-likeness (QED) is 0.810. The zero-order chi connectivity index (χ0) is 13.4. The molecule has 0 aliphatic carbocycles. The molecule has 0 saturated carbocycles. The molecule has 1 aliphatic rings. The SMILES string of the molecule is O=Cc1ccc2c(c1)NC(=O)c1cc(F)ccc1S2. The van der Waals surface area contributed by atoms with Crippen LogP contribution in [0.1, 0.15) is 20.7 Å². The Kier molecular flexibility index (Phi) is 2.83. The van der Waals surface area contributed by atoms with E-state index in [2.05, 4.69) is 5.32 Å². The van der Waals surface area contributed by atoms with Gasteiger partial charge in [-0.2, -0.15) is 0 Å². The molecule has 0 bridgehead atoms. The number of carbonyl (C=O) groups is 2. The molecule has 3 nitrogen and oxygen atoms in total. The van der Waals surface area contributed by atoms with Crippen LogP contribution < -0.4 is 5.32 Å². The van der Waals surface area contributed by atoms with E-state index < -0.39 is 5.82 Å². The lowest BCUT2D eigenvalue weighted by Crippen LogP contribution is -2.12. The normalized spacial score (nSPS) is 13.0. The van der Waals surface area contributed by atoms with Crippen LogP contribution in [0.5, 0.6) is 0 Å². The Bertz CT molecular complexity index is 700. The van der Waals surface area contributed by atoms with Gasteiger partial charge >= 0.3 is 0 Å². The summed E-state index contributed by atoms with van der Waals surface area (Å²) in [5.74, 6) is -0.821. The first-order valence-corrected chi connectivity index (χ1v) is 6.37. The Labute approximate surface area is 112 Å². The second-order valence-electron chi connectivity index (χ2n) is 4.07. The molecule has 0 atom stereocenters. The molecule has 1 aliphatic heterocycles. The van der Waals surface area contributed by atoms with Crippen molar-refractivity contribution in [2.45, 2.75) is 9.79 Å². The lowest BCUT2D eigenvalue weighted by molar-refractivity contribution is 0.102. The number of carbonyl (C=O) groups excluding carboxylic acids is 2.